The van der Waals surface area contributed by atoms with E-state index in [0.717, 1.165) is 16.8 Å². The molecule has 5 nitrogen and oxygen atoms in total. The number of rotatable bonds is 6. The Kier molecular flexibility index (Phi) is 5.37. The first-order chi connectivity index (χ1) is 12.4. The van der Waals surface area contributed by atoms with Crippen LogP contribution in [-0.4, -0.2) is 15.7 Å². The second kappa shape index (κ2) is 7.70. The van der Waals surface area contributed by atoms with Gasteiger partial charge in [-0.3, -0.25) is 9.48 Å². The third-order valence-corrected chi connectivity index (χ3v) is 5.14. The predicted molar refractivity (Wildman–Crippen MR) is 98.9 cm³/mol. The van der Waals surface area contributed by atoms with E-state index in [1.165, 1.54) is 23.5 Å². The molecule has 1 atom stereocenters. The first-order valence-electron chi connectivity index (χ1n) is 8.19. The number of amides is 1. The molecule has 0 saturated heterocycles. The van der Waals surface area contributed by atoms with Crippen molar-refractivity contribution in [3.05, 3.63) is 69.4 Å². The lowest BCUT2D eigenvalue weighted by molar-refractivity contribution is 0.0944. The van der Waals surface area contributed by atoms with Gasteiger partial charge in [0.1, 0.15) is 18.2 Å². The Labute approximate surface area is 155 Å². The van der Waals surface area contributed by atoms with E-state index in [2.05, 4.69) is 10.4 Å². The van der Waals surface area contributed by atoms with Gasteiger partial charge in [-0.05, 0) is 37.4 Å². The van der Waals surface area contributed by atoms with Gasteiger partial charge in [0, 0.05) is 29.9 Å². The van der Waals surface area contributed by atoms with Gasteiger partial charge >= 0.3 is 0 Å². The number of thiophene rings is 1. The van der Waals surface area contributed by atoms with E-state index < -0.39 is 0 Å². The molecule has 1 aromatic carbocycles. The van der Waals surface area contributed by atoms with Gasteiger partial charge in [0.2, 0.25) is 0 Å². The largest absolute Gasteiger partial charge is 0.489 e. The van der Waals surface area contributed by atoms with Gasteiger partial charge in [-0.25, -0.2) is 4.39 Å². The van der Waals surface area contributed by atoms with Crippen LogP contribution in [-0.2, 0) is 13.7 Å². The van der Waals surface area contributed by atoms with Crippen LogP contribution in [0.1, 0.15) is 39.5 Å². The van der Waals surface area contributed by atoms with Gasteiger partial charge in [0.25, 0.3) is 5.91 Å². The summed E-state index contributed by atoms with van der Waals surface area (Å²) in [5.74, 6) is -0.0156. The number of aryl methyl sites for hydroxylation is 1. The molecule has 2 aromatic heterocycles. The molecule has 0 aliphatic carbocycles. The lowest BCUT2D eigenvalue weighted by Crippen LogP contribution is -2.26. The van der Waals surface area contributed by atoms with E-state index in [-0.39, 0.29) is 24.4 Å². The van der Waals surface area contributed by atoms with E-state index in [0.29, 0.717) is 10.6 Å². The van der Waals surface area contributed by atoms with E-state index in [9.17, 15) is 9.18 Å². The van der Waals surface area contributed by atoms with Crippen molar-refractivity contribution in [2.24, 2.45) is 7.05 Å². The normalized spacial score (nSPS) is 12.0. The Balaban J connectivity index is 1.60. The summed E-state index contributed by atoms with van der Waals surface area (Å²) in [4.78, 5) is 13.1. The molecule has 1 unspecified atom stereocenters. The van der Waals surface area contributed by atoms with E-state index in [1.54, 1.807) is 29.1 Å². The highest BCUT2D eigenvalue weighted by molar-refractivity contribution is 7.12. The zero-order valence-electron chi connectivity index (χ0n) is 14.8. The second-order valence-corrected chi connectivity index (χ2v) is 6.98. The molecule has 26 heavy (non-hydrogen) atoms. The highest BCUT2D eigenvalue weighted by Gasteiger charge is 2.17. The average molecular weight is 373 g/mol. The molecule has 3 rings (SSSR count). The number of carbonyl (C=O) groups excluding carboxylic acids is 1. The van der Waals surface area contributed by atoms with Crippen molar-refractivity contribution < 1.29 is 13.9 Å². The average Bonchev–Trinajstić information content (AvgIpc) is 3.21. The van der Waals surface area contributed by atoms with Crippen molar-refractivity contribution in [2.45, 2.75) is 26.5 Å². The minimum absolute atomic E-state index is 0.134. The first kappa shape index (κ1) is 18.1. The maximum absolute atomic E-state index is 13.2. The number of aromatic nitrogens is 2. The Morgan fingerprint density at radius 3 is 2.92 bits per heavy atom. The molecule has 7 heteroatoms. The Bertz CT molecular complexity index is 919. The van der Waals surface area contributed by atoms with Crippen LogP contribution < -0.4 is 10.1 Å². The van der Waals surface area contributed by atoms with Crippen molar-refractivity contribution in [3.63, 3.8) is 0 Å². The van der Waals surface area contributed by atoms with E-state index in [4.69, 9.17) is 4.74 Å². The van der Waals surface area contributed by atoms with Crippen molar-refractivity contribution in [3.8, 4) is 5.75 Å². The van der Waals surface area contributed by atoms with Crippen LogP contribution in [0.4, 0.5) is 4.39 Å². The van der Waals surface area contributed by atoms with Crippen LogP contribution in [0.25, 0.3) is 0 Å². The topological polar surface area (TPSA) is 56.1 Å². The number of hydrogen-bond acceptors (Lipinski definition) is 4. The molecule has 0 radical (unpaired) electrons. The summed E-state index contributed by atoms with van der Waals surface area (Å²) in [6.07, 6.45) is 1.77. The van der Waals surface area contributed by atoms with Crippen molar-refractivity contribution >= 4 is 17.2 Å². The minimum Gasteiger partial charge on any atom is -0.489 e. The highest BCUT2D eigenvalue weighted by Crippen LogP contribution is 2.21. The van der Waals surface area contributed by atoms with Gasteiger partial charge in [0.15, 0.2) is 0 Å². The molecule has 0 aliphatic heterocycles. The highest BCUT2D eigenvalue weighted by atomic mass is 32.1. The Morgan fingerprint density at radius 1 is 1.42 bits per heavy atom. The van der Waals surface area contributed by atoms with Gasteiger partial charge in [0.05, 0.1) is 17.1 Å². The molecular weight excluding hydrogens is 353 g/mol. The van der Waals surface area contributed by atoms with E-state index in [1.807, 2.05) is 26.3 Å². The van der Waals surface area contributed by atoms with Crippen LogP contribution in [0.2, 0.25) is 0 Å². The second-order valence-electron chi connectivity index (χ2n) is 6.07. The van der Waals surface area contributed by atoms with Crippen LogP contribution in [0.15, 0.2) is 41.9 Å². The van der Waals surface area contributed by atoms with Crippen molar-refractivity contribution in [1.29, 1.82) is 0 Å². The van der Waals surface area contributed by atoms with Crippen molar-refractivity contribution in [2.75, 3.05) is 0 Å². The lowest BCUT2D eigenvalue weighted by atomic mass is 10.1. The van der Waals surface area contributed by atoms with Gasteiger partial charge in [-0.1, -0.05) is 6.07 Å². The molecule has 0 bridgehead atoms. The molecule has 1 amide bonds. The van der Waals surface area contributed by atoms with Gasteiger partial charge < -0.3 is 10.1 Å². The summed E-state index contributed by atoms with van der Waals surface area (Å²) < 4.78 is 20.5. The quantitative estimate of drug-likeness (QED) is 0.711. The molecule has 2 heterocycles. The number of nitrogens with one attached hydrogen (secondary N) is 1. The molecular formula is C19H20FN3O2S. The monoisotopic (exact) mass is 373 g/mol. The maximum atomic E-state index is 13.2. The molecule has 3 aromatic rings. The van der Waals surface area contributed by atoms with Crippen LogP contribution in [0.5, 0.6) is 5.75 Å². The minimum atomic E-state index is -0.340. The summed E-state index contributed by atoms with van der Waals surface area (Å²) in [6, 6.07) is 7.65. The standard InChI is InChI=1S/C19H20FN3O2S/c1-12(17-9-21-23(3)13(17)2)22-19(24)18-7-14(11-26-18)10-25-16-6-4-5-15(20)8-16/h4-9,11-12H,10H2,1-3H3,(H,22,24). The fraction of sp³-hybridized carbons (Fsp3) is 0.263. The fourth-order valence-electron chi connectivity index (χ4n) is 2.58. The fourth-order valence-corrected chi connectivity index (χ4v) is 3.38. The van der Waals surface area contributed by atoms with Gasteiger partial charge in [-0.15, -0.1) is 11.3 Å². The number of hydrogen-bond donors (Lipinski definition) is 1. The third kappa shape index (κ3) is 4.11. The summed E-state index contributed by atoms with van der Waals surface area (Å²) in [6.45, 7) is 4.19. The summed E-state index contributed by atoms with van der Waals surface area (Å²) in [5.41, 5.74) is 2.88. The number of halogens is 1. The molecule has 0 aliphatic rings. The Morgan fingerprint density at radius 2 is 2.23 bits per heavy atom. The van der Waals surface area contributed by atoms with Crippen molar-refractivity contribution in [1.82, 2.24) is 15.1 Å². The zero-order valence-corrected chi connectivity index (χ0v) is 15.6. The van der Waals surface area contributed by atoms with E-state index >= 15 is 0 Å². The molecule has 1 N–H and O–H groups in total. The van der Waals surface area contributed by atoms with Crippen LogP contribution in [0, 0.1) is 12.7 Å². The predicted octanol–water partition coefficient (Wildman–Crippen LogP) is 4.00. The number of ether oxygens (including phenoxy) is 1. The number of benzene rings is 1. The summed E-state index contributed by atoms with van der Waals surface area (Å²) in [5, 5.41) is 9.06. The molecule has 0 spiro atoms. The van der Waals surface area contributed by atoms with Crippen LogP contribution >= 0.6 is 11.3 Å². The number of carbonyl (C=O) groups is 1. The Hall–Kier alpha value is -2.67. The maximum Gasteiger partial charge on any atom is 0.261 e. The molecule has 136 valence electrons. The first-order valence-corrected chi connectivity index (χ1v) is 9.07. The van der Waals surface area contributed by atoms with Crippen LogP contribution in [0.3, 0.4) is 0 Å². The van der Waals surface area contributed by atoms with Gasteiger partial charge in [-0.2, -0.15) is 5.10 Å². The number of nitrogens with zero attached hydrogens (tertiary/aromatic N) is 2. The summed E-state index contributed by atoms with van der Waals surface area (Å²) >= 11 is 1.36. The molecule has 0 fully saturated rings. The summed E-state index contributed by atoms with van der Waals surface area (Å²) in [7, 11) is 1.87. The smallest absolute Gasteiger partial charge is 0.261 e. The zero-order chi connectivity index (χ0) is 18.7. The third-order valence-electron chi connectivity index (χ3n) is 4.17. The lowest BCUT2D eigenvalue weighted by Gasteiger charge is -2.12. The molecule has 0 saturated carbocycles. The SMILES string of the molecule is Cc1c(C(C)NC(=O)c2cc(COc3cccc(F)c3)cs2)cnn1C.